The van der Waals surface area contributed by atoms with Crippen LogP contribution in [0.1, 0.15) is 28.4 Å². The lowest BCUT2D eigenvalue weighted by Gasteiger charge is -2.08. The zero-order valence-electron chi connectivity index (χ0n) is 13.5. The van der Waals surface area contributed by atoms with Crippen LogP contribution < -0.4 is 16.4 Å². The maximum Gasteiger partial charge on any atom is 0.316 e. The molecular weight excluding hydrogens is 322 g/mol. The first-order valence-electron chi connectivity index (χ1n) is 7.68. The molecule has 0 heterocycles. The molecule has 0 aliphatic heterocycles. The van der Waals surface area contributed by atoms with Gasteiger partial charge in [-0.3, -0.25) is 4.79 Å². The number of anilines is 1. The first-order chi connectivity index (χ1) is 11.6. The Labute approximate surface area is 146 Å². The van der Waals surface area contributed by atoms with E-state index in [-0.39, 0.29) is 5.91 Å². The Morgan fingerprint density at radius 2 is 1.83 bits per heavy atom. The predicted octanol–water partition coefficient (Wildman–Crippen LogP) is 3.36. The molecule has 3 amide bonds. The first kappa shape index (κ1) is 17.9. The van der Waals surface area contributed by atoms with Crippen molar-refractivity contribution in [2.75, 3.05) is 11.1 Å². The summed E-state index contributed by atoms with van der Waals surface area (Å²) in [5, 5.41) is 5.38. The van der Waals surface area contributed by atoms with Gasteiger partial charge in [0, 0.05) is 23.5 Å². The van der Waals surface area contributed by atoms with E-state index in [2.05, 4.69) is 17.6 Å². The molecule has 0 fully saturated rings. The Bertz CT molecular complexity index is 702. The van der Waals surface area contributed by atoms with E-state index in [1.54, 1.807) is 18.2 Å². The Balaban J connectivity index is 1.91. The van der Waals surface area contributed by atoms with Crippen LogP contribution in [0.4, 0.5) is 10.5 Å². The number of benzene rings is 2. The van der Waals surface area contributed by atoms with Crippen LogP contribution >= 0.6 is 11.8 Å². The third-order valence-corrected chi connectivity index (χ3v) is 4.28. The van der Waals surface area contributed by atoms with Gasteiger partial charge in [0.15, 0.2) is 0 Å². The number of hydrogen-bond donors (Lipinski definition) is 3. The molecule has 0 saturated carbocycles. The smallest absolute Gasteiger partial charge is 0.316 e. The average Bonchev–Trinajstić information content (AvgIpc) is 2.58. The van der Waals surface area contributed by atoms with E-state index < -0.39 is 6.03 Å². The van der Waals surface area contributed by atoms with Crippen LogP contribution in [0.25, 0.3) is 0 Å². The van der Waals surface area contributed by atoms with Crippen molar-refractivity contribution in [3.8, 4) is 0 Å². The van der Waals surface area contributed by atoms with Crippen LogP contribution in [0.5, 0.6) is 0 Å². The highest BCUT2D eigenvalue weighted by Crippen LogP contribution is 2.13. The van der Waals surface area contributed by atoms with Gasteiger partial charge < -0.3 is 16.4 Å². The van der Waals surface area contributed by atoms with Crippen LogP contribution in [0.15, 0.2) is 48.5 Å². The van der Waals surface area contributed by atoms with Gasteiger partial charge in [-0.1, -0.05) is 31.2 Å². The number of carbonyl (C=O) groups excluding carboxylic acids is 2. The van der Waals surface area contributed by atoms with E-state index in [1.165, 1.54) is 5.56 Å². The Morgan fingerprint density at radius 1 is 1.08 bits per heavy atom. The second-order valence-corrected chi connectivity index (χ2v) is 6.48. The molecule has 0 aliphatic carbocycles. The van der Waals surface area contributed by atoms with Gasteiger partial charge in [0.2, 0.25) is 0 Å². The molecule has 0 saturated heterocycles. The molecule has 0 unspecified atom stereocenters. The second-order valence-electron chi connectivity index (χ2n) is 5.21. The van der Waals surface area contributed by atoms with Gasteiger partial charge in [-0.25, -0.2) is 4.79 Å². The number of amides is 3. The van der Waals surface area contributed by atoms with Crippen molar-refractivity contribution >= 4 is 29.4 Å². The molecule has 0 atom stereocenters. The molecule has 126 valence electrons. The van der Waals surface area contributed by atoms with Crippen molar-refractivity contribution in [1.29, 1.82) is 0 Å². The molecular formula is C18H21N3O2S. The number of thioether (sulfide) groups is 1. The molecule has 2 aromatic carbocycles. The van der Waals surface area contributed by atoms with Crippen molar-refractivity contribution in [2.24, 2.45) is 5.73 Å². The van der Waals surface area contributed by atoms with Crippen LogP contribution in [0, 0.1) is 0 Å². The summed E-state index contributed by atoms with van der Waals surface area (Å²) in [6.07, 6.45) is 0. The fourth-order valence-corrected chi connectivity index (χ4v) is 2.79. The minimum Gasteiger partial charge on any atom is -0.351 e. The number of hydrogen-bond acceptors (Lipinski definition) is 3. The Hall–Kier alpha value is -2.47. The number of rotatable bonds is 7. The summed E-state index contributed by atoms with van der Waals surface area (Å²) in [6, 6.07) is 14.2. The largest absolute Gasteiger partial charge is 0.351 e. The van der Waals surface area contributed by atoms with Crippen LogP contribution in [0.3, 0.4) is 0 Å². The molecule has 0 radical (unpaired) electrons. The lowest BCUT2D eigenvalue weighted by Crippen LogP contribution is -2.23. The molecule has 2 rings (SSSR count). The fraction of sp³-hybridized carbons (Fsp3) is 0.222. The fourth-order valence-electron chi connectivity index (χ4n) is 2.16. The lowest BCUT2D eigenvalue weighted by atomic mass is 10.1. The van der Waals surface area contributed by atoms with Crippen molar-refractivity contribution in [3.63, 3.8) is 0 Å². The summed E-state index contributed by atoms with van der Waals surface area (Å²) in [5.74, 6) is 1.90. The second kappa shape index (κ2) is 8.98. The summed E-state index contributed by atoms with van der Waals surface area (Å²) in [7, 11) is 0. The molecule has 5 nitrogen and oxygen atoms in total. The zero-order chi connectivity index (χ0) is 17.4. The Morgan fingerprint density at radius 3 is 2.50 bits per heavy atom. The van der Waals surface area contributed by atoms with Gasteiger partial charge in [0.05, 0.1) is 0 Å². The zero-order valence-corrected chi connectivity index (χ0v) is 14.4. The third kappa shape index (κ3) is 5.62. The van der Waals surface area contributed by atoms with E-state index in [0.717, 1.165) is 17.1 Å². The van der Waals surface area contributed by atoms with Gasteiger partial charge in [0.1, 0.15) is 0 Å². The van der Waals surface area contributed by atoms with E-state index >= 15 is 0 Å². The first-order valence-corrected chi connectivity index (χ1v) is 8.84. The summed E-state index contributed by atoms with van der Waals surface area (Å²) in [6.45, 7) is 2.50. The highest BCUT2D eigenvalue weighted by molar-refractivity contribution is 7.98. The molecule has 4 N–H and O–H groups in total. The molecule has 0 aromatic heterocycles. The highest BCUT2D eigenvalue weighted by Gasteiger charge is 2.06. The standard InChI is InChI=1S/C18H21N3O2S/c1-2-24-12-13-6-8-15(9-7-13)17(22)20-11-14-4-3-5-16(10-14)21-18(19)23/h3-10H,2,11-12H2,1H3,(H,20,22)(H3,19,21,23). The van der Waals surface area contributed by atoms with Crippen molar-refractivity contribution < 1.29 is 9.59 Å². The summed E-state index contributed by atoms with van der Waals surface area (Å²) >= 11 is 1.85. The highest BCUT2D eigenvalue weighted by atomic mass is 32.2. The average molecular weight is 343 g/mol. The van der Waals surface area contributed by atoms with E-state index in [9.17, 15) is 9.59 Å². The van der Waals surface area contributed by atoms with E-state index in [0.29, 0.717) is 17.8 Å². The maximum atomic E-state index is 12.2. The molecule has 0 bridgehead atoms. The monoisotopic (exact) mass is 343 g/mol. The molecule has 0 aliphatic rings. The van der Waals surface area contributed by atoms with Crippen molar-refractivity contribution in [1.82, 2.24) is 5.32 Å². The van der Waals surface area contributed by atoms with Crippen LogP contribution in [-0.2, 0) is 12.3 Å². The van der Waals surface area contributed by atoms with Crippen molar-refractivity contribution in [3.05, 3.63) is 65.2 Å². The molecule has 24 heavy (non-hydrogen) atoms. The summed E-state index contributed by atoms with van der Waals surface area (Å²) in [4.78, 5) is 23.1. The normalized spacial score (nSPS) is 10.2. The van der Waals surface area contributed by atoms with Crippen LogP contribution in [0.2, 0.25) is 0 Å². The third-order valence-electron chi connectivity index (χ3n) is 3.34. The number of nitrogens with one attached hydrogen (secondary N) is 2. The molecule has 6 heteroatoms. The van der Waals surface area contributed by atoms with Gasteiger partial charge >= 0.3 is 6.03 Å². The van der Waals surface area contributed by atoms with Gasteiger partial charge in [-0.2, -0.15) is 11.8 Å². The van der Waals surface area contributed by atoms with Gasteiger partial charge in [-0.15, -0.1) is 0 Å². The number of urea groups is 1. The number of nitrogens with two attached hydrogens (primary N) is 1. The lowest BCUT2D eigenvalue weighted by molar-refractivity contribution is 0.0951. The van der Waals surface area contributed by atoms with Crippen LogP contribution in [-0.4, -0.2) is 17.7 Å². The van der Waals surface area contributed by atoms with Crippen molar-refractivity contribution in [2.45, 2.75) is 19.2 Å². The summed E-state index contributed by atoms with van der Waals surface area (Å²) < 4.78 is 0. The maximum absolute atomic E-state index is 12.2. The van der Waals surface area contributed by atoms with Gasteiger partial charge in [0.25, 0.3) is 5.91 Å². The van der Waals surface area contributed by atoms with E-state index in [4.69, 9.17) is 5.73 Å². The Kier molecular flexibility index (Phi) is 6.69. The number of carbonyl (C=O) groups is 2. The molecule has 2 aromatic rings. The van der Waals surface area contributed by atoms with E-state index in [1.807, 2.05) is 42.1 Å². The van der Waals surface area contributed by atoms with Gasteiger partial charge in [-0.05, 0) is 41.1 Å². The SMILES string of the molecule is CCSCc1ccc(C(=O)NCc2cccc(NC(N)=O)c2)cc1. The summed E-state index contributed by atoms with van der Waals surface area (Å²) in [5.41, 5.74) is 8.42. The number of primary amides is 1. The topological polar surface area (TPSA) is 84.2 Å². The molecule has 0 spiro atoms. The predicted molar refractivity (Wildman–Crippen MR) is 99.1 cm³/mol. The minimum absolute atomic E-state index is 0.127. The minimum atomic E-state index is -0.613. The quantitative estimate of drug-likeness (QED) is 0.721.